The Balaban J connectivity index is 1.49. The molecule has 0 saturated carbocycles. The third-order valence-corrected chi connectivity index (χ3v) is 4.99. The highest BCUT2D eigenvalue weighted by Crippen LogP contribution is 2.17. The third-order valence-electron chi connectivity index (χ3n) is 4.52. The first-order chi connectivity index (χ1) is 13.5. The smallest absolute Gasteiger partial charge is 0.251 e. The zero-order valence-corrected chi connectivity index (χ0v) is 17.4. The summed E-state index contributed by atoms with van der Waals surface area (Å²) in [5.74, 6) is 0.731. The van der Waals surface area contributed by atoms with Gasteiger partial charge >= 0.3 is 0 Å². The lowest BCUT2D eigenvalue weighted by atomic mass is 10.2. The number of amides is 2. The van der Waals surface area contributed by atoms with Gasteiger partial charge in [0.2, 0.25) is 5.91 Å². The highest BCUT2D eigenvalue weighted by atomic mass is 79.9. The summed E-state index contributed by atoms with van der Waals surface area (Å²) in [7, 11) is 0. The Morgan fingerprint density at radius 3 is 2.61 bits per heavy atom. The van der Waals surface area contributed by atoms with Crippen LogP contribution in [0.5, 0.6) is 0 Å². The molecule has 2 N–H and O–H groups in total. The highest BCUT2D eigenvalue weighted by Gasteiger charge is 2.20. The van der Waals surface area contributed by atoms with Crippen LogP contribution < -0.4 is 15.5 Å². The zero-order chi connectivity index (χ0) is 19.9. The second kappa shape index (κ2) is 9.66. The van der Waals surface area contributed by atoms with Gasteiger partial charge in [-0.2, -0.15) is 0 Å². The Bertz CT molecular complexity index is 820. The van der Waals surface area contributed by atoms with Crippen molar-refractivity contribution in [3.8, 4) is 0 Å². The minimum Gasteiger partial charge on any atom is -0.354 e. The van der Waals surface area contributed by atoms with Gasteiger partial charge in [-0.3, -0.25) is 14.5 Å². The first-order valence-electron chi connectivity index (χ1n) is 9.32. The molecule has 0 bridgehead atoms. The molecule has 1 aliphatic rings. The molecule has 0 aliphatic carbocycles. The van der Waals surface area contributed by atoms with Crippen molar-refractivity contribution in [3.63, 3.8) is 0 Å². The third kappa shape index (κ3) is 5.53. The van der Waals surface area contributed by atoms with Gasteiger partial charge in [-0.05, 0) is 53.2 Å². The van der Waals surface area contributed by atoms with Crippen LogP contribution in [0.25, 0.3) is 0 Å². The molecule has 3 rings (SSSR count). The fourth-order valence-electron chi connectivity index (χ4n) is 3.09. The fourth-order valence-corrected chi connectivity index (χ4v) is 3.33. The first kappa shape index (κ1) is 20.3. The number of benzene rings is 1. The zero-order valence-electron chi connectivity index (χ0n) is 15.8. The van der Waals surface area contributed by atoms with Crippen molar-refractivity contribution in [2.45, 2.75) is 6.92 Å². The number of carbonyl (C=O) groups excluding carboxylic acids is 2. The number of piperazine rings is 1. The van der Waals surface area contributed by atoms with Crippen LogP contribution in [0.3, 0.4) is 0 Å². The van der Waals surface area contributed by atoms with Gasteiger partial charge in [0.25, 0.3) is 5.91 Å². The van der Waals surface area contributed by atoms with Gasteiger partial charge in [0.05, 0.1) is 6.54 Å². The predicted molar refractivity (Wildman–Crippen MR) is 114 cm³/mol. The van der Waals surface area contributed by atoms with Gasteiger partial charge in [-0.15, -0.1) is 0 Å². The summed E-state index contributed by atoms with van der Waals surface area (Å²) in [6.45, 7) is 6.01. The van der Waals surface area contributed by atoms with Crippen LogP contribution in [0.1, 0.15) is 17.3 Å². The topological polar surface area (TPSA) is 77.6 Å². The number of carbonyl (C=O) groups is 2. The summed E-state index contributed by atoms with van der Waals surface area (Å²) >= 11 is 3.40. The van der Waals surface area contributed by atoms with E-state index in [9.17, 15) is 9.59 Å². The molecule has 2 aromatic rings. The fraction of sp³-hybridized carbons (Fsp3) is 0.350. The van der Waals surface area contributed by atoms with Crippen LogP contribution in [0.15, 0.2) is 47.1 Å². The van der Waals surface area contributed by atoms with E-state index >= 15 is 0 Å². The number of nitrogens with zero attached hydrogens (tertiary/aromatic N) is 3. The molecule has 0 atom stereocenters. The molecule has 1 aliphatic heterocycles. The molecule has 1 aromatic carbocycles. The largest absolute Gasteiger partial charge is 0.354 e. The van der Waals surface area contributed by atoms with Gasteiger partial charge in [0.1, 0.15) is 5.82 Å². The van der Waals surface area contributed by atoms with Crippen LogP contribution in [0, 0.1) is 0 Å². The predicted octanol–water partition coefficient (Wildman–Crippen LogP) is 2.35. The van der Waals surface area contributed by atoms with E-state index in [1.54, 1.807) is 30.5 Å². The maximum atomic E-state index is 12.4. The van der Waals surface area contributed by atoms with Crippen LogP contribution in [-0.2, 0) is 4.79 Å². The molecule has 0 spiro atoms. The van der Waals surface area contributed by atoms with E-state index in [1.165, 1.54) is 0 Å². The van der Waals surface area contributed by atoms with Crippen molar-refractivity contribution >= 4 is 39.2 Å². The number of hydrogen-bond donors (Lipinski definition) is 2. The Labute approximate surface area is 173 Å². The molecule has 2 heterocycles. The molecule has 0 unspecified atom stereocenters. The van der Waals surface area contributed by atoms with Crippen molar-refractivity contribution in [2.75, 3.05) is 49.5 Å². The van der Waals surface area contributed by atoms with Crippen molar-refractivity contribution in [1.82, 2.24) is 15.2 Å². The van der Waals surface area contributed by atoms with Gasteiger partial charge in [0, 0.05) is 54.6 Å². The number of nitrogens with one attached hydrogen (secondary N) is 2. The maximum Gasteiger partial charge on any atom is 0.251 e. The maximum absolute atomic E-state index is 12.4. The molecular formula is C20H24BrN5O2. The summed E-state index contributed by atoms with van der Waals surface area (Å²) in [4.78, 5) is 33.1. The Hall–Kier alpha value is -2.45. The molecule has 2 amide bonds. The molecule has 7 nitrogen and oxygen atoms in total. The minimum absolute atomic E-state index is 0.0803. The summed E-state index contributed by atoms with van der Waals surface area (Å²) in [5, 5.41) is 5.64. The van der Waals surface area contributed by atoms with Crippen molar-refractivity contribution in [1.29, 1.82) is 0 Å². The normalized spacial score (nSPS) is 14.6. The van der Waals surface area contributed by atoms with Crippen LogP contribution in [-0.4, -0.2) is 61.0 Å². The molecule has 28 heavy (non-hydrogen) atoms. The van der Waals surface area contributed by atoms with Crippen LogP contribution >= 0.6 is 15.9 Å². The average Bonchev–Trinajstić information content (AvgIpc) is 2.69. The van der Waals surface area contributed by atoms with E-state index in [4.69, 9.17) is 0 Å². The van der Waals surface area contributed by atoms with Crippen LogP contribution in [0.4, 0.5) is 11.5 Å². The summed E-state index contributed by atoms with van der Waals surface area (Å²) in [5.41, 5.74) is 1.17. The van der Waals surface area contributed by atoms with Gasteiger partial charge in [0.15, 0.2) is 0 Å². The van der Waals surface area contributed by atoms with E-state index < -0.39 is 0 Å². The SMILES string of the molecule is CCNC(=O)c1cccc(NC(=O)CN2CCN(c3ccc(Br)cn3)CC2)c1. The monoisotopic (exact) mass is 445 g/mol. The van der Waals surface area contributed by atoms with E-state index in [1.807, 2.05) is 19.1 Å². The Morgan fingerprint density at radius 1 is 1.14 bits per heavy atom. The van der Waals surface area contributed by atoms with Crippen molar-refractivity contribution in [2.24, 2.45) is 0 Å². The number of rotatable bonds is 6. The summed E-state index contributed by atoms with van der Waals surface area (Å²) < 4.78 is 0.961. The first-order valence-corrected chi connectivity index (χ1v) is 10.1. The second-order valence-electron chi connectivity index (χ2n) is 6.59. The van der Waals surface area contributed by atoms with Crippen molar-refractivity contribution in [3.05, 3.63) is 52.6 Å². The lowest BCUT2D eigenvalue weighted by molar-refractivity contribution is -0.117. The summed E-state index contributed by atoms with van der Waals surface area (Å²) in [6.07, 6.45) is 1.80. The van der Waals surface area contributed by atoms with Gasteiger partial charge in [-0.1, -0.05) is 6.07 Å². The molecule has 148 valence electrons. The number of aromatic nitrogens is 1. The molecule has 1 fully saturated rings. The number of halogens is 1. The molecular weight excluding hydrogens is 422 g/mol. The van der Waals surface area contributed by atoms with E-state index in [-0.39, 0.29) is 11.8 Å². The molecule has 1 saturated heterocycles. The lowest BCUT2D eigenvalue weighted by Crippen LogP contribution is -2.48. The average molecular weight is 446 g/mol. The van der Waals surface area contributed by atoms with E-state index in [0.717, 1.165) is 36.5 Å². The molecule has 1 aromatic heterocycles. The van der Waals surface area contributed by atoms with E-state index in [0.29, 0.717) is 24.3 Å². The molecule has 0 radical (unpaired) electrons. The second-order valence-corrected chi connectivity index (χ2v) is 7.50. The lowest BCUT2D eigenvalue weighted by Gasteiger charge is -2.35. The van der Waals surface area contributed by atoms with Gasteiger partial charge in [-0.25, -0.2) is 4.98 Å². The quantitative estimate of drug-likeness (QED) is 0.713. The minimum atomic E-state index is -0.142. The van der Waals surface area contributed by atoms with Crippen LogP contribution in [0.2, 0.25) is 0 Å². The number of hydrogen-bond acceptors (Lipinski definition) is 5. The Morgan fingerprint density at radius 2 is 1.93 bits per heavy atom. The number of pyridine rings is 1. The Kier molecular flexibility index (Phi) is 7.00. The summed E-state index contributed by atoms with van der Waals surface area (Å²) in [6, 6.07) is 11.0. The number of anilines is 2. The van der Waals surface area contributed by atoms with Gasteiger partial charge < -0.3 is 15.5 Å². The highest BCUT2D eigenvalue weighted by molar-refractivity contribution is 9.10. The molecule has 8 heteroatoms. The van der Waals surface area contributed by atoms with E-state index in [2.05, 4.69) is 41.3 Å². The van der Waals surface area contributed by atoms with Crippen molar-refractivity contribution < 1.29 is 9.59 Å². The standard InChI is InChI=1S/C20H24BrN5O2/c1-2-22-20(28)15-4-3-5-17(12-15)24-19(27)14-25-8-10-26(11-9-25)18-7-6-16(21)13-23-18/h3-7,12-13H,2,8-11,14H2,1H3,(H,22,28)(H,24,27).